The van der Waals surface area contributed by atoms with Crippen LogP contribution in [0.25, 0.3) is 0 Å². The van der Waals surface area contributed by atoms with Crippen LogP contribution >= 0.6 is 0 Å². The van der Waals surface area contributed by atoms with E-state index in [0.29, 0.717) is 37.6 Å². The summed E-state index contributed by atoms with van der Waals surface area (Å²) in [6.45, 7) is 11.1. The smallest absolute Gasteiger partial charge is 0.394 e. The number of nitrogens with zero attached hydrogens (tertiary/aromatic N) is 2. The lowest BCUT2D eigenvalue weighted by molar-refractivity contribution is -0.385. The van der Waals surface area contributed by atoms with Crippen LogP contribution < -0.4 is 9.47 Å². The van der Waals surface area contributed by atoms with Crippen molar-refractivity contribution in [2.24, 2.45) is 0 Å². The maximum Gasteiger partial charge on any atom is 0.519 e. The first-order valence-electron chi connectivity index (χ1n) is 19.0. The minimum absolute atomic E-state index is 0.0739. The van der Waals surface area contributed by atoms with Gasteiger partial charge < -0.3 is 28.4 Å². The molecular formula is C39H60N2O11. The van der Waals surface area contributed by atoms with Crippen LogP contribution in [0.3, 0.4) is 0 Å². The average Bonchev–Trinajstić information content (AvgIpc) is 3.12. The monoisotopic (exact) mass is 732 g/mol. The van der Waals surface area contributed by atoms with E-state index < -0.39 is 28.2 Å². The van der Waals surface area contributed by atoms with Crippen molar-refractivity contribution in [3.05, 3.63) is 67.8 Å². The molecule has 0 aliphatic carbocycles. The van der Waals surface area contributed by atoms with E-state index in [0.717, 1.165) is 77.0 Å². The van der Waals surface area contributed by atoms with E-state index in [1.165, 1.54) is 36.4 Å². The van der Waals surface area contributed by atoms with E-state index in [-0.39, 0.29) is 48.9 Å². The highest BCUT2D eigenvalue weighted by Crippen LogP contribution is 2.30. The van der Waals surface area contributed by atoms with Crippen molar-refractivity contribution in [1.29, 1.82) is 0 Å². The number of hydrogen-bond donors (Lipinski definition) is 0. The molecule has 2 aromatic rings. The molecule has 2 aromatic carbocycles. The SMILES string of the molecule is CCCCCOCC(Cc1cc([N+](=O)[O-])ccc1OC(=O)Oc1ccc([N+](=O)[O-])cc1CC(COCCCCC)OCCCCC)OCCCCC. The zero-order chi connectivity index (χ0) is 38.0. The topological polar surface area (TPSA) is 159 Å². The summed E-state index contributed by atoms with van der Waals surface area (Å²) in [7, 11) is 0. The van der Waals surface area contributed by atoms with E-state index in [2.05, 4.69) is 27.7 Å². The number of nitro groups is 2. The largest absolute Gasteiger partial charge is 0.519 e. The van der Waals surface area contributed by atoms with Crippen molar-refractivity contribution in [3.8, 4) is 11.5 Å². The Morgan fingerprint density at radius 2 is 0.942 bits per heavy atom. The van der Waals surface area contributed by atoms with E-state index in [4.69, 9.17) is 28.4 Å². The Labute approximate surface area is 308 Å². The van der Waals surface area contributed by atoms with Gasteiger partial charge in [-0.15, -0.1) is 0 Å². The number of hydrogen-bond acceptors (Lipinski definition) is 11. The number of non-ortho nitro benzene ring substituents is 2. The molecule has 0 saturated heterocycles. The molecule has 52 heavy (non-hydrogen) atoms. The van der Waals surface area contributed by atoms with Gasteiger partial charge in [0.25, 0.3) is 11.4 Å². The molecule has 0 heterocycles. The molecule has 292 valence electrons. The molecule has 0 spiro atoms. The second kappa shape index (κ2) is 27.0. The van der Waals surface area contributed by atoms with E-state index in [1.807, 2.05) is 0 Å². The van der Waals surface area contributed by atoms with Gasteiger partial charge in [0.2, 0.25) is 0 Å². The van der Waals surface area contributed by atoms with Crippen LogP contribution in [0.15, 0.2) is 36.4 Å². The Morgan fingerprint density at radius 1 is 0.577 bits per heavy atom. The lowest BCUT2D eigenvalue weighted by Crippen LogP contribution is -2.25. The fourth-order valence-corrected chi connectivity index (χ4v) is 5.44. The summed E-state index contributed by atoms with van der Waals surface area (Å²) in [6.07, 6.45) is 10.3. The number of rotatable bonds is 30. The maximum absolute atomic E-state index is 13.3. The number of ether oxygens (including phenoxy) is 6. The molecule has 0 aliphatic heterocycles. The number of carbonyl (C=O) groups is 1. The molecule has 0 aliphatic rings. The van der Waals surface area contributed by atoms with Gasteiger partial charge in [-0.2, -0.15) is 0 Å². The summed E-state index contributed by atoms with van der Waals surface area (Å²) in [4.78, 5) is 35.7. The fraction of sp³-hybridized carbons (Fsp3) is 0.667. The van der Waals surface area contributed by atoms with Gasteiger partial charge in [0.05, 0.1) is 35.3 Å². The van der Waals surface area contributed by atoms with Crippen molar-refractivity contribution in [2.75, 3.05) is 39.6 Å². The Bertz CT molecular complexity index is 1230. The van der Waals surface area contributed by atoms with Crippen LogP contribution in [0.2, 0.25) is 0 Å². The summed E-state index contributed by atoms with van der Waals surface area (Å²) in [5.41, 5.74) is 0.440. The molecule has 0 aromatic heterocycles. The number of benzene rings is 2. The molecule has 0 amide bonds. The predicted molar refractivity (Wildman–Crippen MR) is 199 cm³/mol. The normalized spacial score (nSPS) is 12.4. The van der Waals surface area contributed by atoms with Crippen LogP contribution in [0.1, 0.15) is 116 Å². The quantitative estimate of drug-likeness (QED) is 0.0247. The zero-order valence-electron chi connectivity index (χ0n) is 31.6. The summed E-state index contributed by atoms with van der Waals surface area (Å²) < 4.78 is 35.4. The molecule has 2 unspecified atom stereocenters. The van der Waals surface area contributed by atoms with Gasteiger partial charge in [-0.3, -0.25) is 20.2 Å². The van der Waals surface area contributed by atoms with E-state index >= 15 is 0 Å². The fourth-order valence-electron chi connectivity index (χ4n) is 5.44. The number of unbranched alkanes of at least 4 members (excludes halogenated alkanes) is 8. The molecule has 0 radical (unpaired) electrons. The first kappa shape index (κ1) is 44.5. The lowest BCUT2D eigenvalue weighted by Gasteiger charge is -2.20. The van der Waals surface area contributed by atoms with Crippen LogP contribution in [0.5, 0.6) is 11.5 Å². The molecule has 13 nitrogen and oxygen atoms in total. The molecule has 0 saturated carbocycles. The van der Waals surface area contributed by atoms with Gasteiger partial charge in [0, 0.05) is 74.7 Å². The molecule has 2 rings (SSSR count). The molecule has 13 heteroatoms. The highest BCUT2D eigenvalue weighted by molar-refractivity contribution is 5.69. The molecule has 0 bridgehead atoms. The summed E-state index contributed by atoms with van der Waals surface area (Å²) in [5, 5.41) is 23.4. The number of carbonyl (C=O) groups excluding carboxylic acids is 1. The van der Waals surface area contributed by atoms with Crippen molar-refractivity contribution >= 4 is 17.5 Å². The Hall–Kier alpha value is -3.65. The summed E-state index contributed by atoms with van der Waals surface area (Å²) >= 11 is 0. The van der Waals surface area contributed by atoms with E-state index in [9.17, 15) is 25.0 Å². The van der Waals surface area contributed by atoms with Crippen molar-refractivity contribution in [3.63, 3.8) is 0 Å². The minimum Gasteiger partial charge on any atom is -0.394 e. The van der Waals surface area contributed by atoms with Crippen LogP contribution in [-0.4, -0.2) is 67.9 Å². The van der Waals surface area contributed by atoms with Crippen molar-refractivity contribution in [1.82, 2.24) is 0 Å². The standard InChI is InChI=1S/C39H60N2O11/c1-5-9-13-21-47-29-35(49-23-15-11-7-3)27-31-25-33(40(43)44)17-19-37(31)51-39(42)52-38-20-18-34(41(45)46)26-32(38)28-36(50-24-16-12-8-4)30-48-22-14-10-6-2/h17-20,25-26,35-36H,5-16,21-24,27-30H2,1-4H3. The third-order valence-corrected chi connectivity index (χ3v) is 8.39. The summed E-state index contributed by atoms with van der Waals surface area (Å²) in [5.74, 6) is 0.148. The summed E-state index contributed by atoms with van der Waals surface area (Å²) in [6, 6.07) is 7.95. The average molecular weight is 733 g/mol. The first-order chi connectivity index (χ1) is 25.2. The van der Waals surface area contributed by atoms with Crippen LogP contribution in [-0.2, 0) is 31.8 Å². The predicted octanol–water partition coefficient (Wildman–Crippen LogP) is 9.73. The minimum atomic E-state index is -1.10. The third kappa shape index (κ3) is 18.2. The van der Waals surface area contributed by atoms with E-state index in [1.54, 1.807) is 0 Å². The van der Waals surface area contributed by atoms with Gasteiger partial charge in [-0.05, 0) is 37.8 Å². The van der Waals surface area contributed by atoms with Gasteiger partial charge in [0.15, 0.2) is 0 Å². The number of nitro benzene ring substituents is 2. The van der Waals surface area contributed by atoms with Gasteiger partial charge in [-0.25, -0.2) is 4.79 Å². The second-order valence-electron chi connectivity index (χ2n) is 12.9. The molecule has 0 N–H and O–H groups in total. The first-order valence-corrected chi connectivity index (χ1v) is 19.0. The van der Waals surface area contributed by atoms with Crippen molar-refractivity contribution < 1.29 is 43.1 Å². The van der Waals surface area contributed by atoms with Gasteiger partial charge in [-0.1, -0.05) is 79.1 Å². The van der Waals surface area contributed by atoms with Gasteiger partial charge in [0.1, 0.15) is 11.5 Å². The lowest BCUT2D eigenvalue weighted by atomic mass is 10.1. The van der Waals surface area contributed by atoms with Crippen LogP contribution in [0.4, 0.5) is 16.2 Å². The van der Waals surface area contributed by atoms with Crippen LogP contribution in [0, 0.1) is 20.2 Å². The highest BCUT2D eigenvalue weighted by Gasteiger charge is 2.23. The zero-order valence-corrected chi connectivity index (χ0v) is 31.6. The Balaban J connectivity index is 2.30. The molecule has 2 atom stereocenters. The maximum atomic E-state index is 13.3. The molecular weight excluding hydrogens is 672 g/mol. The third-order valence-electron chi connectivity index (χ3n) is 8.39. The molecule has 0 fully saturated rings. The Morgan fingerprint density at radius 3 is 1.29 bits per heavy atom. The van der Waals surface area contributed by atoms with Crippen molar-refractivity contribution in [2.45, 2.75) is 130 Å². The highest BCUT2D eigenvalue weighted by atomic mass is 16.7. The second-order valence-corrected chi connectivity index (χ2v) is 12.9. The van der Waals surface area contributed by atoms with Gasteiger partial charge >= 0.3 is 6.16 Å². The Kier molecular flexibility index (Phi) is 23.1.